The summed E-state index contributed by atoms with van der Waals surface area (Å²) in [7, 11) is 0. The highest BCUT2D eigenvalue weighted by Crippen LogP contribution is 2.40. The van der Waals surface area contributed by atoms with Crippen LogP contribution in [-0.4, -0.2) is 20.0 Å². The van der Waals surface area contributed by atoms with Crippen molar-refractivity contribution in [2.45, 2.75) is 65.5 Å². The van der Waals surface area contributed by atoms with Gasteiger partial charge in [-0.1, -0.05) is 53.7 Å². The number of aromatic hydroxyl groups is 1. The van der Waals surface area contributed by atoms with Gasteiger partial charge >= 0.3 is 0 Å². The van der Waals surface area contributed by atoms with E-state index in [1.165, 1.54) is 0 Å². The predicted octanol–water partition coefficient (Wildman–Crippen LogP) is 6.32. The van der Waals surface area contributed by atoms with Crippen LogP contribution in [0.25, 0.3) is 11.0 Å². The number of fused-ring (bicyclic) bond motifs is 1. The number of para-hydroxylation sites is 2. The smallest absolute Gasteiger partial charge is 0.203 e. The van der Waals surface area contributed by atoms with Gasteiger partial charge in [0.1, 0.15) is 5.75 Å². The molecule has 0 unspecified atom stereocenters. The third kappa shape index (κ3) is 5.15. The van der Waals surface area contributed by atoms with Crippen molar-refractivity contribution in [2.75, 3.05) is 0 Å². The summed E-state index contributed by atoms with van der Waals surface area (Å²) in [4.78, 5) is 13.6. The van der Waals surface area contributed by atoms with E-state index in [-0.39, 0.29) is 51.5 Å². The van der Waals surface area contributed by atoms with Crippen LogP contribution < -0.4 is 5.62 Å². The van der Waals surface area contributed by atoms with E-state index in [1.807, 2.05) is 88.6 Å². The summed E-state index contributed by atoms with van der Waals surface area (Å²) in [5.41, 5.74) is 4.32. The van der Waals surface area contributed by atoms with E-state index < -0.39 is 0 Å². The van der Waals surface area contributed by atoms with Crippen molar-refractivity contribution in [2.24, 2.45) is 0 Å². The standard InChI is InChI=1S/C28H33N3O3.BrH/c1-27(2,3)20-13-19(14-21(25(20)33)28(4,5)6)24(32)16-31-23-10-8-7-9-22(23)30(26(31)29)15-18-11-12-34-17-18;/h7-14,17,29,33H,15-16H2,1-6H3;1H. The molecule has 0 saturated carbocycles. The number of ketones is 1. The number of hydrogen-bond donors (Lipinski definition) is 2. The minimum absolute atomic E-state index is 0. The summed E-state index contributed by atoms with van der Waals surface area (Å²) >= 11 is 0. The number of Topliss-reactive ketones (excluding diaryl/α,β-unsaturated/α-hetero) is 1. The fourth-order valence-corrected chi connectivity index (χ4v) is 4.35. The van der Waals surface area contributed by atoms with Crippen molar-refractivity contribution in [3.63, 3.8) is 0 Å². The number of phenols is 1. The number of furan rings is 1. The lowest BCUT2D eigenvalue weighted by molar-refractivity contribution is 0.0971. The highest BCUT2D eigenvalue weighted by atomic mass is 79.9. The number of nitrogens with zero attached hydrogens (tertiary/aromatic N) is 2. The lowest BCUT2D eigenvalue weighted by atomic mass is 9.78. The number of carbonyl (C=O) groups excluding carboxylic acids is 1. The molecule has 0 bridgehead atoms. The Bertz CT molecular complexity index is 1380. The second-order valence-electron chi connectivity index (χ2n) is 11.0. The number of carbonyl (C=O) groups is 1. The highest BCUT2D eigenvalue weighted by molar-refractivity contribution is 8.93. The van der Waals surface area contributed by atoms with Crippen LogP contribution in [-0.2, 0) is 23.9 Å². The monoisotopic (exact) mass is 539 g/mol. The molecule has 0 radical (unpaired) electrons. The van der Waals surface area contributed by atoms with Crippen LogP contribution in [0.5, 0.6) is 5.75 Å². The number of nitrogens with one attached hydrogen (secondary N) is 1. The molecule has 0 aliphatic heterocycles. The molecule has 0 saturated heterocycles. The van der Waals surface area contributed by atoms with E-state index in [2.05, 4.69) is 0 Å². The molecule has 0 fully saturated rings. The van der Waals surface area contributed by atoms with E-state index in [0.717, 1.165) is 27.7 Å². The molecule has 0 atom stereocenters. The average Bonchev–Trinajstić information content (AvgIpc) is 3.35. The van der Waals surface area contributed by atoms with Crippen LogP contribution in [0.15, 0.2) is 59.4 Å². The first-order valence-electron chi connectivity index (χ1n) is 11.5. The van der Waals surface area contributed by atoms with Crippen molar-refractivity contribution < 1.29 is 14.3 Å². The molecule has 4 rings (SSSR count). The summed E-state index contributed by atoms with van der Waals surface area (Å²) in [6, 6.07) is 13.2. The summed E-state index contributed by atoms with van der Waals surface area (Å²) < 4.78 is 8.83. The molecular formula is C28H34BrN3O3. The first kappa shape index (κ1) is 26.5. The molecule has 6 nitrogen and oxygen atoms in total. The summed E-state index contributed by atoms with van der Waals surface area (Å²) in [6.07, 6.45) is 3.29. The van der Waals surface area contributed by atoms with Gasteiger partial charge in [0.05, 0.1) is 36.6 Å². The number of aromatic nitrogens is 2. The summed E-state index contributed by atoms with van der Waals surface area (Å²) in [6.45, 7) is 12.7. The second-order valence-corrected chi connectivity index (χ2v) is 11.0. The normalized spacial score (nSPS) is 12.1. The first-order chi connectivity index (χ1) is 15.9. The molecule has 4 aromatic rings. The van der Waals surface area contributed by atoms with Crippen LogP contribution in [0.2, 0.25) is 0 Å². The Morgan fingerprint density at radius 2 is 1.49 bits per heavy atom. The maximum absolute atomic E-state index is 13.6. The second kappa shape index (κ2) is 9.53. The van der Waals surface area contributed by atoms with Gasteiger partial charge in [-0.15, -0.1) is 17.0 Å². The van der Waals surface area contributed by atoms with Crippen molar-refractivity contribution in [3.05, 3.63) is 82.9 Å². The molecule has 0 aliphatic carbocycles. The van der Waals surface area contributed by atoms with Crippen LogP contribution in [0, 0.1) is 5.41 Å². The average molecular weight is 541 g/mol. The molecule has 2 heterocycles. The minimum Gasteiger partial charge on any atom is -0.507 e. The maximum Gasteiger partial charge on any atom is 0.203 e. The van der Waals surface area contributed by atoms with Crippen molar-refractivity contribution in [1.29, 1.82) is 5.41 Å². The van der Waals surface area contributed by atoms with E-state index in [4.69, 9.17) is 9.83 Å². The lowest BCUT2D eigenvalue weighted by Crippen LogP contribution is -2.28. The van der Waals surface area contributed by atoms with Gasteiger partial charge in [-0.2, -0.15) is 0 Å². The lowest BCUT2D eigenvalue weighted by Gasteiger charge is -2.28. The van der Waals surface area contributed by atoms with Gasteiger partial charge in [0.2, 0.25) is 5.62 Å². The molecular weight excluding hydrogens is 506 g/mol. The summed E-state index contributed by atoms with van der Waals surface area (Å²) in [5, 5.41) is 19.9. The predicted molar refractivity (Wildman–Crippen MR) is 144 cm³/mol. The zero-order valence-electron chi connectivity index (χ0n) is 21.2. The number of phenolic OH excluding ortho intramolecular Hbond substituents is 1. The van der Waals surface area contributed by atoms with E-state index in [9.17, 15) is 9.90 Å². The zero-order chi connectivity index (χ0) is 24.8. The van der Waals surface area contributed by atoms with Crippen LogP contribution >= 0.6 is 17.0 Å². The molecule has 186 valence electrons. The topological polar surface area (TPSA) is 84.2 Å². The van der Waals surface area contributed by atoms with Gasteiger partial charge in [-0.05, 0) is 41.2 Å². The van der Waals surface area contributed by atoms with Crippen molar-refractivity contribution >= 4 is 33.8 Å². The Balaban J connectivity index is 0.00000342. The van der Waals surface area contributed by atoms with E-state index in [0.29, 0.717) is 12.1 Å². The zero-order valence-corrected chi connectivity index (χ0v) is 22.9. The number of rotatable bonds is 5. The molecule has 0 amide bonds. The Morgan fingerprint density at radius 1 is 0.943 bits per heavy atom. The van der Waals surface area contributed by atoms with E-state index >= 15 is 0 Å². The number of halogens is 1. The largest absolute Gasteiger partial charge is 0.507 e. The van der Waals surface area contributed by atoms with Gasteiger partial charge in [-0.3, -0.25) is 10.2 Å². The van der Waals surface area contributed by atoms with Gasteiger partial charge in [-0.25, -0.2) is 0 Å². The molecule has 2 N–H and O–H groups in total. The van der Waals surface area contributed by atoms with Gasteiger partial charge < -0.3 is 18.7 Å². The quantitative estimate of drug-likeness (QED) is 0.291. The van der Waals surface area contributed by atoms with Crippen LogP contribution in [0.3, 0.4) is 0 Å². The first-order valence-corrected chi connectivity index (χ1v) is 11.5. The molecule has 0 spiro atoms. The highest BCUT2D eigenvalue weighted by Gasteiger charge is 2.28. The fourth-order valence-electron chi connectivity index (χ4n) is 4.35. The fraction of sp³-hybridized carbons (Fsp3) is 0.357. The Morgan fingerprint density at radius 3 is 1.97 bits per heavy atom. The third-order valence-electron chi connectivity index (χ3n) is 6.25. The Hall–Kier alpha value is -3.06. The number of benzene rings is 2. The molecule has 0 aliphatic rings. The molecule has 2 aromatic carbocycles. The van der Waals surface area contributed by atoms with Crippen molar-refractivity contribution in [3.8, 4) is 5.75 Å². The number of imidazole rings is 1. The molecule has 35 heavy (non-hydrogen) atoms. The van der Waals surface area contributed by atoms with E-state index in [1.54, 1.807) is 17.1 Å². The van der Waals surface area contributed by atoms with Gasteiger partial charge in [0.25, 0.3) is 0 Å². The van der Waals surface area contributed by atoms with Gasteiger partial charge in [0, 0.05) is 22.3 Å². The maximum atomic E-state index is 13.6. The van der Waals surface area contributed by atoms with Crippen LogP contribution in [0.1, 0.15) is 68.6 Å². The number of hydrogen-bond acceptors (Lipinski definition) is 4. The Labute approximate surface area is 216 Å². The van der Waals surface area contributed by atoms with Gasteiger partial charge in [0.15, 0.2) is 5.78 Å². The van der Waals surface area contributed by atoms with Crippen LogP contribution in [0.4, 0.5) is 0 Å². The third-order valence-corrected chi connectivity index (χ3v) is 6.25. The van der Waals surface area contributed by atoms with Crippen molar-refractivity contribution in [1.82, 2.24) is 9.13 Å². The molecule has 7 heteroatoms. The summed E-state index contributed by atoms with van der Waals surface area (Å²) in [5.74, 6) is 0.155. The minimum atomic E-state index is -0.325. The molecule has 2 aromatic heterocycles. The SMILES string of the molecule is Br.CC(C)(C)c1cc(C(=O)Cn2c(=N)n(Cc3ccoc3)c3ccccc32)cc(C(C)(C)C)c1O. The Kier molecular flexibility index (Phi) is 7.23.